The summed E-state index contributed by atoms with van der Waals surface area (Å²) < 4.78 is 9.43. The molecule has 1 aliphatic rings. The molecule has 0 N–H and O–H groups in total. The predicted octanol–water partition coefficient (Wildman–Crippen LogP) is 4.28. The van der Waals surface area contributed by atoms with Crippen molar-refractivity contribution in [1.29, 1.82) is 0 Å². The number of anilines is 1. The summed E-state index contributed by atoms with van der Waals surface area (Å²) in [4.78, 5) is 39.2. The molecule has 0 aromatic heterocycles. The maximum absolute atomic E-state index is 13.0. The number of hydrogen-bond acceptors (Lipinski definition) is 5. The molecule has 0 aliphatic carbocycles. The van der Waals surface area contributed by atoms with Gasteiger partial charge in [-0.25, -0.2) is 14.5 Å². The molecule has 1 heterocycles. The predicted molar refractivity (Wildman–Crippen MR) is 99.3 cm³/mol. The van der Waals surface area contributed by atoms with Gasteiger partial charge in [0.2, 0.25) is 0 Å². The molecule has 7 nitrogen and oxygen atoms in total. The molecule has 140 valence electrons. The standard InChI is InChI=1S/C18H14Cl2N2O5/c1-21-15(10-4-3-5-12(8-10)27-18(25)26-2)16(23)22(17(21)24)11-6-7-13(19)14(20)9-11/h3-9,15H,1-2H3. The Morgan fingerprint density at radius 1 is 1.07 bits per heavy atom. The van der Waals surface area contributed by atoms with Crippen LogP contribution in [-0.2, 0) is 9.53 Å². The fourth-order valence-electron chi connectivity index (χ4n) is 2.76. The Bertz CT molecular complexity index is 934. The first-order chi connectivity index (χ1) is 12.8. The van der Waals surface area contributed by atoms with Gasteiger partial charge in [0.15, 0.2) is 0 Å². The van der Waals surface area contributed by atoms with E-state index in [0.29, 0.717) is 16.3 Å². The molecule has 0 bridgehead atoms. The van der Waals surface area contributed by atoms with E-state index in [1.807, 2.05) is 0 Å². The maximum atomic E-state index is 13.0. The number of likely N-dealkylation sites (N-methyl/N-ethyl adjacent to an activating group) is 1. The minimum atomic E-state index is -0.883. The summed E-state index contributed by atoms with van der Waals surface area (Å²) in [7, 11) is 2.70. The maximum Gasteiger partial charge on any atom is 0.513 e. The van der Waals surface area contributed by atoms with Gasteiger partial charge in [-0.05, 0) is 35.9 Å². The van der Waals surface area contributed by atoms with Crippen LogP contribution in [0.2, 0.25) is 10.0 Å². The number of hydrogen-bond donors (Lipinski definition) is 0. The Balaban J connectivity index is 1.94. The Labute approximate surface area is 165 Å². The second-order valence-corrected chi connectivity index (χ2v) is 6.51. The quantitative estimate of drug-likeness (QED) is 0.430. The van der Waals surface area contributed by atoms with Crippen molar-refractivity contribution in [1.82, 2.24) is 4.90 Å². The smallest absolute Gasteiger partial charge is 0.437 e. The highest BCUT2D eigenvalue weighted by molar-refractivity contribution is 6.42. The van der Waals surface area contributed by atoms with Gasteiger partial charge in [0.25, 0.3) is 5.91 Å². The SMILES string of the molecule is COC(=O)Oc1cccc(C2C(=O)N(c3ccc(Cl)c(Cl)c3)C(=O)N2C)c1. The van der Waals surface area contributed by atoms with Gasteiger partial charge in [-0.2, -0.15) is 0 Å². The average Bonchev–Trinajstić information content (AvgIpc) is 2.86. The Morgan fingerprint density at radius 2 is 1.81 bits per heavy atom. The number of halogens is 2. The zero-order valence-electron chi connectivity index (χ0n) is 14.3. The molecule has 2 aromatic rings. The zero-order chi connectivity index (χ0) is 19.7. The fourth-order valence-corrected chi connectivity index (χ4v) is 3.06. The molecule has 9 heteroatoms. The third-order valence-corrected chi connectivity index (χ3v) is 4.78. The minimum Gasteiger partial charge on any atom is -0.437 e. The topological polar surface area (TPSA) is 76.1 Å². The first-order valence-corrected chi connectivity index (χ1v) is 8.50. The van der Waals surface area contributed by atoms with Crippen LogP contribution in [0.3, 0.4) is 0 Å². The molecule has 3 amide bonds. The average molecular weight is 409 g/mol. The van der Waals surface area contributed by atoms with Crippen molar-refractivity contribution in [2.24, 2.45) is 0 Å². The number of imide groups is 1. The number of rotatable bonds is 3. The van der Waals surface area contributed by atoms with E-state index in [1.165, 1.54) is 43.3 Å². The molecule has 1 aliphatic heterocycles. The van der Waals surface area contributed by atoms with Gasteiger partial charge in [0.1, 0.15) is 11.8 Å². The molecule has 2 aromatic carbocycles. The normalized spacial score (nSPS) is 16.7. The second-order valence-electron chi connectivity index (χ2n) is 5.70. The molecule has 1 saturated heterocycles. The van der Waals surface area contributed by atoms with Crippen LogP contribution in [0.4, 0.5) is 15.3 Å². The largest absolute Gasteiger partial charge is 0.513 e. The third kappa shape index (κ3) is 3.56. The van der Waals surface area contributed by atoms with Crippen molar-refractivity contribution in [2.45, 2.75) is 6.04 Å². The van der Waals surface area contributed by atoms with Gasteiger partial charge in [0.05, 0.1) is 22.8 Å². The van der Waals surface area contributed by atoms with E-state index in [-0.39, 0.29) is 10.8 Å². The van der Waals surface area contributed by atoms with Gasteiger partial charge in [0, 0.05) is 7.05 Å². The Morgan fingerprint density at radius 3 is 2.48 bits per heavy atom. The number of benzene rings is 2. The van der Waals surface area contributed by atoms with E-state index in [2.05, 4.69) is 4.74 Å². The molecular weight excluding hydrogens is 395 g/mol. The summed E-state index contributed by atoms with van der Waals surface area (Å²) >= 11 is 11.9. The number of ether oxygens (including phenoxy) is 2. The first kappa shape index (κ1) is 19.0. The van der Waals surface area contributed by atoms with Gasteiger partial charge in [-0.3, -0.25) is 4.79 Å². The van der Waals surface area contributed by atoms with Gasteiger partial charge in [-0.15, -0.1) is 0 Å². The van der Waals surface area contributed by atoms with E-state index in [9.17, 15) is 14.4 Å². The number of methoxy groups -OCH3 is 1. The van der Waals surface area contributed by atoms with Gasteiger partial charge >= 0.3 is 12.2 Å². The van der Waals surface area contributed by atoms with Crippen molar-refractivity contribution in [3.63, 3.8) is 0 Å². The van der Waals surface area contributed by atoms with Crippen molar-refractivity contribution >= 4 is 47.0 Å². The molecular formula is C18H14Cl2N2O5. The first-order valence-electron chi connectivity index (χ1n) is 7.75. The fraction of sp³-hybridized carbons (Fsp3) is 0.167. The molecule has 1 atom stereocenters. The third-order valence-electron chi connectivity index (χ3n) is 4.04. The molecule has 1 fully saturated rings. The van der Waals surface area contributed by atoms with Crippen LogP contribution in [0.5, 0.6) is 5.75 Å². The summed E-state index contributed by atoms with van der Waals surface area (Å²) in [5, 5.41) is 0.548. The Hall–Kier alpha value is -2.77. The van der Waals surface area contributed by atoms with Crippen LogP contribution >= 0.6 is 23.2 Å². The molecule has 0 spiro atoms. The van der Waals surface area contributed by atoms with Crippen LogP contribution in [0, 0.1) is 0 Å². The van der Waals surface area contributed by atoms with E-state index in [1.54, 1.807) is 18.2 Å². The molecule has 3 rings (SSSR count). The summed E-state index contributed by atoms with van der Waals surface area (Å²) in [6, 6.07) is 9.42. The molecule has 27 heavy (non-hydrogen) atoms. The Kier molecular flexibility index (Phi) is 5.25. The van der Waals surface area contributed by atoms with Crippen molar-refractivity contribution < 1.29 is 23.9 Å². The van der Waals surface area contributed by atoms with Crippen LogP contribution in [0.15, 0.2) is 42.5 Å². The summed E-state index contributed by atoms with van der Waals surface area (Å²) in [6.45, 7) is 0. The zero-order valence-corrected chi connectivity index (χ0v) is 15.8. The summed E-state index contributed by atoms with van der Waals surface area (Å²) in [6.07, 6.45) is -0.883. The van der Waals surface area contributed by atoms with Crippen molar-refractivity contribution in [2.75, 3.05) is 19.1 Å². The van der Waals surface area contributed by atoms with Crippen LogP contribution in [-0.4, -0.2) is 37.2 Å². The highest BCUT2D eigenvalue weighted by atomic mass is 35.5. The summed E-state index contributed by atoms with van der Waals surface area (Å²) in [5.74, 6) is -0.267. The monoisotopic (exact) mass is 408 g/mol. The summed E-state index contributed by atoms with van der Waals surface area (Å²) in [5.41, 5.74) is 0.801. The van der Waals surface area contributed by atoms with E-state index < -0.39 is 24.1 Å². The van der Waals surface area contributed by atoms with Crippen LogP contribution in [0.25, 0.3) is 0 Å². The number of amides is 3. The van der Waals surface area contributed by atoms with Crippen molar-refractivity contribution in [3.8, 4) is 5.75 Å². The molecule has 0 radical (unpaired) electrons. The van der Waals surface area contributed by atoms with Crippen molar-refractivity contribution in [3.05, 3.63) is 58.1 Å². The lowest BCUT2D eigenvalue weighted by Crippen LogP contribution is -2.31. The lowest BCUT2D eigenvalue weighted by atomic mass is 10.1. The number of carbonyl (C=O) groups is 3. The lowest BCUT2D eigenvalue weighted by molar-refractivity contribution is -0.119. The van der Waals surface area contributed by atoms with Crippen LogP contribution in [0.1, 0.15) is 11.6 Å². The van der Waals surface area contributed by atoms with E-state index in [4.69, 9.17) is 27.9 Å². The highest BCUT2D eigenvalue weighted by Gasteiger charge is 2.45. The van der Waals surface area contributed by atoms with E-state index in [0.717, 1.165) is 4.90 Å². The van der Waals surface area contributed by atoms with E-state index >= 15 is 0 Å². The highest BCUT2D eigenvalue weighted by Crippen LogP contribution is 2.36. The number of urea groups is 1. The molecule has 0 saturated carbocycles. The molecule has 1 unspecified atom stereocenters. The lowest BCUT2D eigenvalue weighted by Gasteiger charge is -2.16. The number of nitrogens with zero attached hydrogens (tertiary/aromatic N) is 2. The van der Waals surface area contributed by atoms with Gasteiger partial charge < -0.3 is 14.4 Å². The van der Waals surface area contributed by atoms with Crippen LogP contribution < -0.4 is 9.64 Å². The van der Waals surface area contributed by atoms with Gasteiger partial charge in [-0.1, -0.05) is 35.3 Å². The second kappa shape index (κ2) is 7.46. The number of carbonyl (C=O) groups excluding carboxylic acids is 3. The minimum absolute atomic E-state index is 0.195.